The van der Waals surface area contributed by atoms with E-state index in [0.29, 0.717) is 6.79 Å². The summed E-state index contributed by atoms with van der Waals surface area (Å²) >= 11 is 0. The minimum Gasteiger partial charge on any atom is -0.359 e. The van der Waals surface area contributed by atoms with Gasteiger partial charge in [-0.3, -0.25) is 0 Å². The summed E-state index contributed by atoms with van der Waals surface area (Å²) < 4.78 is 9.70. The Bertz CT molecular complexity index is 54.0. The minimum absolute atomic E-state index is 0.316. The second-order valence-corrected chi connectivity index (χ2v) is 2.31. The van der Waals surface area contributed by atoms with Gasteiger partial charge in [-0.05, 0) is 20.8 Å². The summed E-state index contributed by atoms with van der Waals surface area (Å²) in [6.45, 7) is 7.78. The lowest BCUT2D eigenvalue weighted by atomic mass is 10.2. The van der Waals surface area contributed by atoms with Crippen LogP contribution in [0, 0.1) is 6.92 Å². The van der Waals surface area contributed by atoms with E-state index in [1.54, 1.807) is 7.11 Å². The normalized spacial score (nSPS) is 12.0. The molecule has 0 bridgehead atoms. The molecular formula is C6H13O2. The van der Waals surface area contributed by atoms with Crippen LogP contribution in [0.2, 0.25) is 0 Å². The maximum atomic E-state index is 5.05. The topological polar surface area (TPSA) is 18.5 Å². The summed E-state index contributed by atoms with van der Waals surface area (Å²) in [6.07, 6.45) is 0. The zero-order valence-electron chi connectivity index (χ0n) is 5.73. The molecule has 0 unspecified atom stereocenters. The van der Waals surface area contributed by atoms with E-state index in [2.05, 4.69) is 11.7 Å². The third-order valence-corrected chi connectivity index (χ3v) is 0.568. The Morgan fingerprint density at radius 3 is 2.12 bits per heavy atom. The summed E-state index contributed by atoms with van der Waals surface area (Å²) in [7, 11) is 1.59. The van der Waals surface area contributed by atoms with Gasteiger partial charge in [-0.15, -0.1) is 0 Å². The Labute approximate surface area is 50.8 Å². The van der Waals surface area contributed by atoms with Crippen molar-refractivity contribution in [3.8, 4) is 0 Å². The predicted molar refractivity (Wildman–Crippen MR) is 32.4 cm³/mol. The van der Waals surface area contributed by atoms with E-state index in [4.69, 9.17) is 4.74 Å². The van der Waals surface area contributed by atoms with Crippen LogP contribution < -0.4 is 0 Å². The molecular weight excluding hydrogens is 104 g/mol. The molecule has 0 aliphatic heterocycles. The predicted octanol–water partition coefficient (Wildman–Crippen LogP) is 1.22. The van der Waals surface area contributed by atoms with Gasteiger partial charge in [0.15, 0.2) is 0 Å². The Morgan fingerprint density at radius 1 is 1.50 bits per heavy atom. The molecule has 0 aromatic heterocycles. The zero-order valence-corrected chi connectivity index (χ0v) is 5.73. The maximum absolute atomic E-state index is 5.05. The summed E-state index contributed by atoms with van der Waals surface area (Å²) in [4.78, 5) is 0. The summed E-state index contributed by atoms with van der Waals surface area (Å²) in [6, 6.07) is 0. The first kappa shape index (κ1) is 7.92. The molecule has 0 aromatic rings. The Morgan fingerprint density at radius 2 is 2.00 bits per heavy atom. The molecule has 0 amide bonds. The molecule has 0 saturated heterocycles. The minimum atomic E-state index is -0.323. The highest BCUT2D eigenvalue weighted by atomic mass is 16.7. The molecule has 0 aromatic carbocycles. The first-order valence-electron chi connectivity index (χ1n) is 2.54. The maximum Gasteiger partial charge on any atom is 0.147 e. The highest BCUT2D eigenvalue weighted by Gasteiger charge is 2.08. The first-order valence-corrected chi connectivity index (χ1v) is 2.54. The fraction of sp³-hybridized carbons (Fsp3) is 0.833. The number of hydrogen-bond acceptors (Lipinski definition) is 2. The molecule has 0 rings (SSSR count). The van der Waals surface area contributed by atoms with Crippen LogP contribution in [0.5, 0.6) is 0 Å². The van der Waals surface area contributed by atoms with Crippen LogP contribution in [-0.4, -0.2) is 19.5 Å². The second-order valence-electron chi connectivity index (χ2n) is 2.31. The summed E-state index contributed by atoms with van der Waals surface area (Å²) in [5.74, 6) is 0. The fourth-order valence-electron chi connectivity index (χ4n) is 0.218. The molecule has 0 heterocycles. The van der Waals surface area contributed by atoms with Gasteiger partial charge in [0, 0.05) is 7.11 Å². The van der Waals surface area contributed by atoms with Crippen molar-refractivity contribution >= 4 is 0 Å². The Kier molecular flexibility index (Phi) is 3.02. The number of hydrogen-bond donors (Lipinski definition) is 0. The van der Waals surface area contributed by atoms with Crippen LogP contribution in [-0.2, 0) is 9.47 Å². The van der Waals surface area contributed by atoms with Gasteiger partial charge in [0.25, 0.3) is 0 Å². The van der Waals surface area contributed by atoms with Crippen LogP contribution in [0.3, 0.4) is 0 Å². The molecule has 0 spiro atoms. The van der Waals surface area contributed by atoms with E-state index < -0.39 is 0 Å². The molecule has 1 radical (unpaired) electrons. The largest absolute Gasteiger partial charge is 0.359 e. The third-order valence-electron chi connectivity index (χ3n) is 0.568. The van der Waals surface area contributed by atoms with E-state index in [1.165, 1.54) is 0 Å². The monoisotopic (exact) mass is 117 g/mol. The van der Waals surface area contributed by atoms with Crippen molar-refractivity contribution in [3.05, 3.63) is 6.92 Å². The Hall–Kier alpha value is -0.0800. The number of ether oxygens (including phenoxy) is 2. The Balaban J connectivity index is 3.11. The van der Waals surface area contributed by atoms with Crippen LogP contribution in [0.1, 0.15) is 13.8 Å². The molecule has 0 atom stereocenters. The van der Waals surface area contributed by atoms with Crippen LogP contribution >= 0.6 is 0 Å². The van der Waals surface area contributed by atoms with Gasteiger partial charge in [-0.2, -0.15) is 0 Å². The van der Waals surface area contributed by atoms with Crippen molar-refractivity contribution < 1.29 is 9.47 Å². The lowest BCUT2D eigenvalue weighted by Gasteiger charge is -2.17. The van der Waals surface area contributed by atoms with Gasteiger partial charge in [0.2, 0.25) is 0 Å². The van der Waals surface area contributed by atoms with Crippen LogP contribution in [0.25, 0.3) is 0 Å². The van der Waals surface area contributed by atoms with Gasteiger partial charge >= 0.3 is 0 Å². The van der Waals surface area contributed by atoms with Gasteiger partial charge in [0.1, 0.15) is 6.79 Å². The van der Waals surface area contributed by atoms with E-state index in [9.17, 15) is 0 Å². The average molecular weight is 117 g/mol. The zero-order chi connectivity index (χ0) is 6.62. The quantitative estimate of drug-likeness (QED) is 0.517. The van der Waals surface area contributed by atoms with Crippen molar-refractivity contribution in [1.82, 2.24) is 0 Å². The first-order chi connectivity index (χ1) is 3.56. The van der Waals surface area contributed by atoms with E-state index in [-0.39, 0.29) is 5.60 Å². The van der Waals surface area contributed by atoms with Gasteiger partial charge in [-0.1, -0.05) is 0 Å². The highest BCUT2D eigenvalue weighted by Crippen LogP contribution is 2.04. The van der Waals surface area contributed by atoms with Crippen LogP contribution in [0.15, 0.2) is 0 Å². The van der Waals surface area contributed by atoms with E-state index in [0.717, 1.165) is 0 Å². The number of methoxy groups -OCH3 is 1. The average Bonchev–Trinajstić information content (AvgIpc) is 1.59. The molecule has 2 nitrogen and oxygen atoms in total. The molecule has 49 valence electrons. The fourth-order valence-corrected chi connectivity index (χ4v) is 0.218. The summed E-state index contributed by atoms with van der Waals surface area (Å²) in [5, 5.41) is 0. The molecule has 0 fully saturated rings. The molecule has 0 N–H and O–H groups in total. The lowest BCUT2D eigenvalue weighted by Crippen LogP contribution is -2.20. The van der Waals surface area contributed by atoms with Gasteiger partial charge < -0.3 is 9.47 Å². The molecule has 2 heteroatoms. The standard InChI is InChI=1S/C6H13O2/c1-6(2,3)8-5-7-4/h1,5H2,2-4H3. The van der Waals surface area contributed by atoms with Crippen molar-refractivity contribution in [1.29, 1.82) is 0 Å². The molecule has 0 saturated carbocycles. The summed E-state index contributed by atoms with van der Waals surface area (Å²) in [5.41, 5.74) is -0.323. The lowest BCUT2D eigenvalue weighted by molar-refractivity contribution is -0.0932. The van der Waals surface area contributed by atoms with Crippen LogP contribution in [0.4, 0.5) is 0 Å². The third kappa shape index (κ3) is 5.92. The van der Waals surface area contributed by atoms with Crippen molar-refractivity contribution in [3.63, 3.8) is 0 Å². The number of rotatable bonds is 3. The van der Waals surface area contributed by atoms with Crippen molar-refractivity contribution in [2.24, 2.45) is 0 Å². The highest BCUT2D eigenvalue weighted by molar-refractivity contribution is 4.68. The van der Waals surface area contributed by atoms with Gasteiger partial charge in [0.05, 0.1) is 5.60 Å². The SMILES string of the molecule is [CH2]C(C)(C)OCOC. The molecule has 0 aliphatic carbocycles. The van der Waals surface area contributed by atoms with Crippen molar-refractivity contribution in [2.75, 3.05) is 13.9 Å². The second kappa shape index (κ2) is 3.05. The van der Waals surface area contributed by atoms with Crippen molar-refractivity contribution in [2.45, 2.75) is 19.4 Å². The molecule has 0 aliphatic rings. The van der Waals surface area contributed by atoms with E-state index in [1.807, 2.05) is 13.8 Å². The molecule has 8 heavy (non-hydrogen) atoms. The van der Waals surface area contributed by atoms with E-state index >= 15 is 0 Å². The smallest absolute Gasteiger partial charge is 0.147 e. The van der Waals surface area contributed by atoms with Gasteiger partial charge in [-0.25, -0.2) is 0 Å².